The highest BCUT2D eigenvalue weighted by Gasteiger charge is 2.34. The average Bonchev–Trinajstić information content (AvgIpc) is 3.47. The summed E-state index contributed by atoms with van der Waals surface area (Å²) in [5.41, 5.74) is -1.92. The van der Waals surface area contributed by atoms with Crippen molar-refractivity contribution in [1.82, 2.24) is 29.4 Å². The van der Waals surface area contributed by atoms with Gasteiger partial charge in [0.2, 0.25) is 5.91 Å². The molecule has 236 valence electrons. The normalized spacial score (nSPS) is 14.3. The maximum atomic E-state index is 13.2. The summed E-state index contributed by atoms with van der Waals surface area (Å²) in [5.74, 6) is 0.102. The lowest BCUT2D eigenvalue weighted by Gasteiger charge is -2.19. The molecule has 0 unspecified atom stereocenters. The molecule has 0 radical (unpaired) electrons. The largest absolute Gasteiger partial charge is 0.427 e. The third-order valence-corrected chi connectivity index (χ3v) is 7.95. The summed E-state index contributed by atoms with van der Waals surface area (Å²) >= 11 is 0.394. The first-order chi connectivity index (χ1) is 20.5. The Morgan fingerprint density at radius 2 is 1.75 bits per heavy atom. The van der Waals surface area contributed by atoms with E-state index in [-0.39, 0.29) is 58.3 Å². The number of rotatable bonds is 11. The van der Waals surface area contributed by atoms with Crippen LogP contribution in [0.4, 0.5) is 24.8 Å². The number of imidazole rings is 1. The van der Waals surface area contributed by atoms with E-state index in [2.05, 4.69) is 25.6 Å². The molecule has 1 aliphatic rings. The van der Waals surface area contributed by atoms with Crippen molar-refractivity contribution >= 4 is 39.9 Å². The van der Waals surface area contributed by atoms with Crippen LogP contribution in [-0.2, 0) is 29.2 Å². The quantitative estimate of drug-likeness (QED) is 0.105. The number of unbranched alkanes of at least 4 members (excludes halogenated alkanes) is 1. The molecule has 0 aliphatic heterocycles. The lowest BCUT2D eigenvalue weighted by Crippen LogP contribution is -2.41. The van der Waals surface area contributed by atoms with Gasteiger partial charge in [-0.2, -0.15) is 13.2 Å². The lowest BCUT2D eigenvalue weighted by atomic mass is 9.98. The van der Waals surface area contributed by atoms with E-state index in [0.29, 0.717) is 40.5 Å². The Hall–Kier alpha value is -3.90. The summed E-state index contributed by atoms with van der Waals surface area (Å²) in [4.78, 5) is 36.6. The fourth-order valence-electron chi connectivity index (χ4n) is 4.52. The highest BCUT2D eigenvalue weighted by atomic mass is 32.1. The molecule has 1 aliphatic carbocycles. The van der Waals surface area contributed by atoms with Crippen molar-refractivity contribution in [3.8, 4) is 10.7 Å². The van der Waals surface area contributed by atoms with Crippen LogP contribution in [0.2, 0.25) is 0 Å². The van der Waals surface area contributed by atoms with Crippen molar-refractivity contribution < 1.29 is 38.4 Å². The average molecular weight is 638 g/mol. The summed E-state index contributed by atoms with van der Waals surface area (Å²) in [6, 6.07) is 4.51. The first kappa shape index (κ1) is 31.5. The van der Waals surface area contributed by atoms with Gasteiger partial charge in [-0.05, 0) is 57.2 Å². The number of nitrogens with zero attached hydrogens (tertiary/aromatic N) is 5. The molecule has 17 heteroatoms. The first-order valence-electron chi connectivity index (χ1n) is 13.6. The molecule has 1 saturated carbocycles. The van der Waals surface area contributed by atoms with Gasteiger partial charge in [-0.15, -0.1) is 11.3 Å². The number of nitrogens with one attached hydrogen (secondary N) is 2. The second-order valence-corrected chi connectivity index (χ2v) is 12.1. The Bertz CT molecular complexity index is 1750. The molecule has 0 bridgehead atoms. The minimum atomic E-state index is -4.59. The molecule has 4 heterocycles. The van der Waals surface area contributed by atoms with Crippen LogP contribution >= 0.6 is 11.3 Å². The van der Waals surface area contributed by atoms with E-state index in [1.165, 1.54) is 36.6 Å². The molecule has 4 aromatic heterocycles. The van der Waals surface area contributed by atoms with Crippen LogP contribution in [0.5, 0.6) is 0 Å². The van der Waals surface area contributed by atoms with E-state index in [1.807, 2.05) is 0 Å². The van der Waals surface area contributed by atoms with E-state index < -0.39 is 28.4 Å². The van der Waals surface area contributed by atoms with Crippen LogP contribution in [0.25, 0.3) is 21.7 Å². The molecule has 13 nitrogen and oxygen atoms in total. The van der Waals surface area contributed by atoms with Crippen molar-refractivity contribution in [2.24, 2.45) is 0 Å². The fraction of sp³-hybridized carbons (Fsp3) is 0.444. The van der Waals surface area contributed by atoms with Gasteiger partial charge in [0.05, 0.1) is 29.0 Å². The number of anilines is 2. The Morgan fingerprint density at radius 1 is 1.02 bits per heavy atom. The molecular weight excluding hydrogens is 607 g/mol. The van der Waals surface area contributed by atoms with Crippen LogP contribution in [0.1, 0.15) is 56.4 Å². The van der Waals surface area contributed by atoms with Gasteiger partial charge in [-0.25, -0.2) is 24.3 Å². The number of aromatic nitrogens is 5. The summed E-state index contributed by atoms with van der Waals surface area (Å²) in [5, 5.41) is 46.0. The molecule has 6 N–H and O–H groups in total. The monoisotopic (exact) mass is 637 g/mol. The molecule has 4 aromatic rings. The summed E-state index contributed by atoms with van der Waals surface area (Å²) in [7, 11) is 0. The molecule has 1 fully saturated rings. The summed E-state index contributed by atoms with van der Waals surface area (Å²) in [6.07, 6.45) is -3.31. The topological polar surface area (TPSA) is 188 Å². The smallest absolute Gasteiger partial charge is 0.386 e. The maximum Gasteiger partial charge on any atom is 0.427 e. The Kier molecular flexibility index (Phi) is 8.27. The number of aliphatic hydroxyl groups is 4. The minimum absolute atomic E-state index is 0.0307. The zero-order valence-corrected chi connectivity index (χ0v) is 24.4. The van der Waals surface area contributed by atoms with Crippen LogP contribution in [-0.4, -0.2) is 56.5 Å². The summed E-state index contributed by atoms with van der Waals surface area (Å²) < 4.78 is 41.1. The van der Waals surface area contributed by atoms with E-state index in [0.717, 1.165) is 19.0 Å². The Balaban J connectivity index is 1.46. The van der Waals surface area contributed by atoms with E-state index in [1.54, 1.807) is 0 Å². The first-order valence-corrected chi connectivity index (χ1v) is 14.5. The molecule has 5 rings (SSSR count). The Morgan fingerprint density at radius 3 is 2.36 bits per heavy atom. The van der Waals surface area contributed by atoms with Crippen LogP contribution in [0.3, 0.4) is 0 Å². The summed E-state index contributed by atoms with van der Waals surface area (Å²) in [6.45, 7) is 3.05. The molecule has 0 spiro atoms. The third-order valence-electron chi connectivity index (χ3n) is 6.89. The van der Waals surface area contributed by atoms with Gasteiger partial charge >= 0.3 is 18.0 Å². The number of hydrogen-bond donors (Lipinski definition) is 6. The van der Waals surface area contributed by atoms with Crippen molar-refractivity contribution in [2.45, 2.75) is 76.4 Å². The number of amides is 1. The van der Waals surface area contributed by atoms with Gasteiger partial charge < -0.3 is 31.1 Å². The SMILES string of the molecule is CC(C)(O)c1cc(Nc2cc3c(cn2)n(C(O)(O)O)c(=O)n3CCCCC(=O)NC2CC2)nc(-c2ncc(C(F)(F)F)s2)c1. The second kappa shape index (κ2) is 11.6. The third kappa shape index (κ3) is 7.07. The van der Waals surface area contributed by atoms with Crippen LogP contribution in [0.15, 0.2) is 35.4 Å². The highest BCUT2D eigenvalue weighted by molar-refractivity contribution is 7.15. The number of carbonyl (C=O) groups is 1. The molecule has 1 amide bonds. The van der Waals surface area contributed by atoms with Gasteiger partial charge in [0.15, 0.2) is 0 Å². The predicted octanol–water partition coefficient (Wildman–Crippen LogP) is 2.70. The highest BCUT2D eigenvalue weighted by Crippen LogP contribution is 2.37. The number of thiazole rings is 1. The number of fused-ring (bicyclic) bond motifs is 1. The van der Waals surface area contributed by atoms with Crippen molar-refractivity contribution in [1.29, 1.82) is 0 Å². The van der Waals surface area contributed by atoms with Gasteiger partial charge in [0.25, 0.3) is 0 Å². The molecule has 0 aromatic carbocycles. The van der Waals surface area contributed by atoms with Crippen molar-refractivity contribution in [2.75, 3.05) is 5.32 Å². The number of alkyl halides is 3. The van der Waals surface area contributed by atoms with Crippen LogP contribution in [0, 0.1) is 0 Å². The van der Waals surface area contributed by atoms with Crippen molar-refractivity contribution in [3.05, 3.63) is 51.5 Å². The second-order valence-electron chi connectivity index (χ2n) is 11.1. The molecule has 0 atom stereocenters. The lowest BCUT2D eigenvalue weighted by molar-refractivity contribution is -0.374. The zero-order valence-electron chi connectivity index (χ0n) is 23.6. The van der Waals surface area contributed by atoms with E-state index in [4.69, 9.17) is 0 Å². The number of carbonyl (C=O) groups excluding carboxylic acids is 1. The molecule has 0 saturated heterocycles. The molecular formula is C27H30F3N7O6S. The standard InChI is InChI=1S/C27H30F3N7O6S/c1-25(2,40)14-9-16(23-32-13-19(44-23)26(28,29)30)34-21(10-14)35-20-11-17-18(12-31-20)37(27(41,42)43)24(39)36(17)8-4-3-5-22(38)33-15-6-7-15/h9-13,15,40-43H,3-8H2,1-2H3,(H,33,38)(H,31,34,35). The van der Waals surface area contributed by atoms with E-state index in [9.17, 15) is 43.2 Å². The number of hydrogen-bond acceptors (Lipinski definition) is 11. The number of pyridine rings is 2. The number of aryl methyl sites for hydroxylation is 1. The van der Waals surface area contributed by atoms with Crippen LogP contribution < -0.4 is 16.3 Å². The van der Waals surface area contributed by atoms with Gasteiger partial charge in [-0.3, -0.25) is 9.36 Å². The fourth-order valence-corrected chi connectivity index (χ4v) is 5.27. The Labute approximate surface area is 251 Å². The van der Waals surface area contributed by atoms with Gasteiger partial charge in [-0.1, -0.05) is 0 Å². The molecule has 44 heavy (non-hydrogen) atoms. The van der Waals surface area contributed by atoms with Crippen molar-refractivity contribution in [3.63, 3.8) is 0 Å². The van der Waals surface area contributed by atoms with Gasteiger partial charge in [0.1, 0.15) is 27.2 Å². The number of halogens is 3. The van der Waals surface area contributed by atoms with E-state index >= 15 is 0 Å². The van der Waals surface area contributed by atoms with Gasteiger partial charge in [0, 0.05) is 25.1 Å². The minimum Gasteiger partial charge on any atom is -0.386 e. The zero-order chi connectivity index (χ0) is 32.0. The maximum absolute atomic E-state index is 13.2. The predicted molar refractivity (Wildman–Crippen MR) is 153 cm³/mol.